The van der Waals surface area contributed by atoms with Crippen molar-refractivity contribution in [3.05, 3.63) is 157 Å². The minimum atomic E-state index is 0.622. The lowest BCUT2D eigenvalue weighted by Crippen LogP contribution is -1.96. The Kier molecular flexibility index (Phi) is 5.32. The van der Waals surface area contributed by atoms with Crippen LogP contribution in [0.25, 0.3) is 88.1 Å². The van der Waals surface area contributed by atoms with E-state index in [-0.39, 0.29) is 0 Å². The lowest BCUT2D eigenvalue weighted by Gasteiger charge is -2.13. The van der Waals surface area contributed by atoms with Crippen molar-refractivity contribution in [2.75, 3.05) is 0 Å². The summed E-state index contributed by atoms with van der Waals surface area (Å²) in [6.07, 6.45) is 0. The van der Waals surface area contributed by atoms with Crippen LogP contribution in [0.15, 0.2) is 156 Å². The fraction of sp³-hybridized carbons (Fsp3) is 0. The molecule has 218 valence electrons. The standard InChI is InChI=1S/C43H25N3O/c44-26-27-19-22-41-37(23-27)36-21-20-35-34-15-3-6-18-40(34)46(42(35)43(36)47-41)31-12-8-10-29(25-31)28-9-7-11-30(24-28)45-38-16-4-1-13-32(38)33-14-2-5-17-39(33)45/h1-25H. The Hall–Kier alpha value is -6.57. The summed E-state index contributed by atoms with van der Waals surface area (Å²) in [5, 5.41) is 16.3. The van der Waals surface area contributed by atoms with Gasteiger partial charge in [0.05, 0.1) is 33.7 Å². The third-order valence-corrected chi connectivity index (χ3v) is 9.52. The van der Waals surface area contributed by atoms with Gasteiger partial charge in [-0.15, -0.1) is 0 Å². The number of fused-ring (bicyclic) bond motifs is 10. The Morgan fingerprint density at radius 3 is 1.64 bits per heavy atom. The molecule has 47 heavy (non-hydrogen) atoms. The molecule has 0 aliphatic heterocycles. The fourth-order valence-electron chi connectivity index (χ4n) is 7.47. The van der Waals surface area contributed by atoms with Gasteiger partial charge in [-0.2, -0.15) is 5.26 Å². The number of para-hydroxylation sites is 3. The van der Waals surface area contributed by atoms with Crippen LogP contribution >= 0.6 is 0 Å². The number of benzene rings is 7. The Balaban J connectivity index is 1.20. The molecule has 4 nitrogen and oxygen atoms in total. The Labute approximate surface area is 269 Å². The number of nitriles is 1. The third-order valence-electron chi connectivity index (χ3n) is 9.52. The Bertz CT molecular complexity index is 2880. The Morgan fingerprint density at radius 2 is 1.00 bits per heavy atom. The summed E-state index contributed by atoms with van der Waals surface area (Å²) >= 11 is 0. The number of furan rings is 1. The summed E-state index contributed by atoms with van der Waals surface area (Å²) in [7, 11) is 0. The average Bonchev–Trinajstić information content (AvgIpc) is 3.79. The summed E-state index contributed by atoms with van der Waals surface area (Å²) in [6, 6.07) is 55.6. The number of nitrogens with zero attached hydrogens (tertiary/aromatic N) is 3. The Morgan fingerprint density at radius 1 is 0.447 bits per heavy atom. The summed E-state index contributed by atoms with van der Waals surface area (Å²) in [6.45, 7) is 0. The topological polar surface area (TPSA) is 46.8 Å². The molecule has 0 bridgehead atoms. The predicted octanol–water partition coefficient (Wildman–Crippen LogP) is 11.3. The molecule has 0 fully saturated rings. The molecule has 10 aromatic rings. The number of hydrogen-bond acceptors (Lipinski definition) is 2. The van der Waals surface area contributed by atoms with Crippen LogP contribution in [0.2, 0.25) is 0 Å². The van der Waals surface area contributed by atoms with Gasteiger partial charge in [-0.3, -0.25) is 0 Å². The molecule has 3 heterocycles. The van der Waals surface area contributed by atoms with Gasteiger partial charge in [0, 0.05) is 43.7 Å². The number of rotatable bonds is 3. The highest BCUT2D eigenvalue weighted by Gasteiger charge is 2.19. The minimum absolute atomic E-state index is 0.622. The molecule has 0 radical (unpaired) electrons. The summed E-state index contributed by atoms with van der Waals surface area (Å²) < 4.78 is 11.2. The molecular weight excluding hydrogens is 574 g/mol. The van der Waals surface area contributed by atoms with Crippen molar-refractivity contribution >= 4 is 65.6 Å². The van der Waals surface area contributed by atoms with Crippen LogP contribution in [0.4, 0.5) is 0 Å². The number of hydrogen-bond donors (Lipinski definition) is 0. The largest absolute Gasteiger partial charge is 0.454 e. The van der Waals surface area contributed by atoms with Crippen molar-refractivity contribution in [2.24, 2.45) is 0 Å². The van der Waals surface area contributed by atoms with E-state index in [0.29, 0.717) is 5.56 Å². The van der Waals surface area contributed by atoms with E-state index in [9.17, 15) is 5.26 Å². The van der Waals surface area contributed by atoms with E-state index in [1.807, 2.05) is 18.2 Å². The van der Waals surface area contributed by atoms with Crippen LogP contribution in [0, 0.1) is 11.3 Å². The third kappa shape index (κ3) is 3.69. The quantitative estimate of drug-likeness (QED) is 0.203. The van der Waals surface area contributed by atoms with Gasteiger partial charge >= 0.3 is 0 Å². The molecule has 0 unspecified atom stereocenters. The maximum absolute atomic E-state index is 9.56. The summed E-state index contributed by atoms with van der Waals surface area (Å²) in [4.78, 5) is 0. The molecule has 4 heteroatoms. The molecule has 0 aliphatic carbocycles. The van der Waals surface area contributed by atoms with E-state index in [2.05, 4.69) is 149 Å². The van der Waals surface area contributed by atoms with Gasteiger partial charge in [0.15, 0.2) is 5.58 Å². The highest BCUT2D eigenvalue weighted by molar-refractivity contribution is 6.21. The zero-order chi connectivity index (χ0) is 31.1. The normalized spacial score (nSPS) is 11.8. The van der Waals surface area contributed by atoms with Gasteiger partial charge in [0.25, 0.3) is 0 Å². The van der Waals surface area contributed by atoms with E-state index in [4.69, 9.17) is 4.42 Å². The van der Waals surface area contributed by atoms with Crippen LogP contribution in [0.5, 0.6) is 0 Å². The first-order chi connectivity index (χ1) is 23.3. The first-order valence-corrected chi connectivity index (χ1v) is 15.7. The second-order valence-corrected chi connectivity index (χ2v) is 12.1. The zero-order valence-corrected chi connectivity index (χ0v) is 25.2. The van der Waals surface area contributed by atoms with Crippen molar-refractivity contribution in [3.63, 3.8) is 0 Å². The van der Waals surface area contributed by atoms with Crippen molar-refractivity contribution in [1.29, 1.82) is 5.26 Å². The van der Waals surface area contributed by atoms with E-state index < -0.39 is 0 Å². The monoisotopic (exact) mass is 599 g/mol. The lowest BCUT2D eigenvalue weighted by atomic mass is 10.0. The van der Waals surface area contributed by atoms with Gasteiger partial charge in [-0.1, -0.05) is 84.9 Å². The van der Waals surface area contributed by atoms with E-state index in [0.717, 1.165) is 60.9 Å². The van der Waals surface area contributed by atoms with Crippen LogP contribution in [0.1, 0.15) is 5.56 Å². The van der Waals surface area contributed by atoms with Gasteiger partial charge in [-0.25, -0.2) is 0 Å². The second-order valence-electron chi connectivity index (χ2n) is 12.1. The first kappa shape index (κ1) is 25.7. The smallest absolute Gasteiger partial charge is 0.160 e. The molecule has 0 aliphatic rings. The molecule has 0 atom stereocenters. The SMILES string of the molecule is N#Cc1ccc2oc3c(ccc4c5ccccc5n(-c5cccc(-c6cccc(-n7c8ccccc8c8ccccc87)c6)c5)c43)c2c1. The minimum Gasteiger partial charge on any atom is -0.454 e. The second kappa shape index (κ2) is 9.71. The van der Waals surface area contributed by atoms with Crippen LogP contribution in [0.3, 0.4) is 0 Å². The summed E-state index contributed by atoms with van der Waals surface area (Å²) in [5.74, 6) is 0. The van der Waals surface area contributed by atoms with Crippen molar-refractivity contribution in [1.82, 2.24) is 9.13 Å². The molecule has 10 rings (SSSR count). The first-order valence-electron chi connectivity index (χ1n) is 15.7. The van der Waals surface area contributed by atoms with E-state index in [1.54, 1.807) is 0 Å². The van der Waals surface area contributed by atoms with Crippen molar-refractivity contribution in [2.45, 2.75) is 0 Å². The molecule has 0 saturated carbocycles. The molecule has 0 amide bonds. The zero-order valence-electron chi connectivity index (χ0n) is 25.2. The molecule has 3 aromatic heterocycles. The lowest BCUT2D eigenvalue weighted by molar-refractivity contribution is 0.671. The van der Waals surface area contributed by atoms with E-state index in [1.165, 1.54) is 27.2 Å². The molecule has 0 N–H and O–H groups in total. The molecule has 0 spiro atoms. The maximum Gasteiger partial charge on any atom is 0.160 e. The molecule has 0 saturated heterocycles. The highest BCUT2D eigenvalue weighted by Crippen LogP contribution is 2.41. The van der Waals surface area contributed by atoms with Crippen LogP contribution < -0.4 is 0 Å². The van der Waals surface area contributed by atoms with Gasteiger partial charge < -0.3 is 13.6 Å². The average molecular weight is 600 g/mol. The van der Waals surface area contributed by atoms with Crippen molar-refractivity contribution < 1.29 is 4.42 Å². The van der Waals surface area contributed by atoms with E-state index >= 15 is 0 Å². The van der Waals surface area contributed by atoms with Gasteiger partial charge in [0.2, 0.25) is 0 Å². The molecular formula is C43H25N3O. The maximum atomic E-state index is 9.56. The van der Waals surface area contributed by atoms with Crippen LogP contribution in [-0.4, -0.2) is 9.13 Å². The highest BCUT2D eigenvalue weighted by atomic mass is 16.3. The molecule has 7 aromatic carbocycles. The van der Waals surface area contributed by atoms with Gasteiger partial charge in [-0.05, 0) is 77.9 Å². The fourth-order valence-corrected chi connectivity index (χ4v) is 7.47. The van der Waals surface area contributed by atoms with Crippen molar-refractivity contribution in [3.8, 4) is 28.6 Å². The predicted molar refractivity (Wildman–Crippen MR) is 193 cm³/mol. The van der Waals surface area contributed by atoms with Crippen LogP contribution in [-0.2, 0) is 0 Å². The van der Waals surface area contributed by atoms with Gasteiger partial charge in [0.1, 0.15) is 5.58 Å². The summed E-state index contributed by atoms with van der Waals surface area (Å²) in [5.41, 5.74) is 11.2. The number of aromatic nitrogens is 2.